The molecular weight excluding hydrogens is 304 g/mol. The lowest BCUT2D eigenvalue weighted by Gasteiger charge is -2.08. The number of rotatable bonds is 5. The van der Waals surface area contributed by atoms with Crippen molar-refractivity contribution in [2.24, 2.45) is 0 Å². The van der Waals surface area contributed by atoms with Gasteiger partial charge in [0.15, 0.2) is 0 Å². The summed E-state index contributed by atoms with van der Waals surface area (Å²) < 4.78 is 1.47. The molecule has 6 nitrogen and oxygen atoms in total. The lowest BCUT2D eigenvalue weighted by Crippen LogP contribution is -2.30. The Balaban J connectivity index is 1.62. The van der Waals surface area contributed by atoms with E-state index in [4.69, 9.17) is 0 Å². The molecule has 0 unspecified atom stereocenters. The summed E-state index contributed by atoms with van der Waals surface area (Å²) in [6, 6.07) is 14.4. The van der Waals surface area contributed by atoms with Crippen LogP contribution in [0.15, 0.2) is 72.0 Å². The van der Waals surface area contributed by atoms with Gasteiger partial charge in [-0.3, -0.25) is 19.1 Å². The summed E-state index contributed by atoms with van der Waals surface area (Å²) in [5.74, 6) is -0.218. The summed E-state index contributed by atoms with van der Waals surface area (Å²) in [6.07, 6.45) is 4.61. The Morgan fingerprint density at radius 2 is 1.96 bits per heavy atom. The summed E-state index contributed by atoms with van der Waals surface area (Å²) in [6.45, 7) is 0.687. The highest BCUT2D eigenvalue weighted by molar-refractivity contribution is 5.93. The fourth-order valence-corrected chi connectivity index (χ4v) is 2.25. The van der Waals surface area contributed by atoms with E-state index in [1.165, 1.54) is 23.2 Å². The maximum atomic E-state index is 12.2. The second kappa shape index (κ2) is 7.32. The third-order valence-electron chi connectivity index (χ3n) is 3.51. The highest BCUT2D eigenvalue weighted by Crippen LogP contribution is 2.13. The monoisotopic (exact) mass is 320 g/mol. The minimum absolute atomic E-state index is 0.153. The first-order chi connectivity index (χ1) is 11.7. The first-order valence-electron chi connectivity index (χ1n) is 7.54. The largest absolute Gasteiger partial charge is 0.350 e. The van der Waals surface area contributed by atoms with Crippen molar-refractivity contribution in [2.45, 2.75) is 6.54 Å². The number of amides is 1. The molecule has 0 saturated carbocycles. The lowest BCUT2D eigenvalue weighted by atomic mass is 10.1. The Kier molecular flexibility index (Phi) is 4.76. The van der Waals surface area contributed by atoms with Crippen LogP contribution >= 0.6 is 0 Å². The summed E-state index contributed by atoms with van der Waals surface area (Å²) >= 11 is 0. The van der Waals surface area contributed by atoms with Crippen LogP contribution in [0.1, 0.15) is 10.4 Å². The molecule has 0 radical (unpaired) electrons. The molecule has 1 N–H and O–H groups in total. The first kappa shape index (κ1) is 15.6. The van der Waals surface area contributed by atoms with E-state index in [1.54, 1.807) is 18.3 Å². The predicted octanol–water partition coefficient (Wildman–Crippen LogP) is 1.74. The molecule has 24 heavy (non-hydrogen) atoms. The van der Waals surface area contributed by atoms with Crippen LogP contribution < -0.4 is 10.9 Å². The van der Waals surface area contributed by atoms with Crippen LogP contribution in [0.3, 0.4) is 0 Å². The molecule has 3 aromatic rings. The van der Waals surface area contributed by atoms with Gasteiger partial charge in [-0.05, 0) is 12.1 Å². The van der Waals surface area contributed by atoms with Crippen LogP contribution in [-0.2, 0) is 6.54 Å². The van der Waals surface area contributed by atoms with Gasteiger partial charge in [-0.15, -0.1) is 0 Å². The Morgan fingerprint density at radius 1 is 1.12 bits per heavy atom. The van der Waals surface area contributed by atoms with Crippen molar-refractivity contribution >= 4 is 5.91 Å². The van der Waals surface area contributed by atoms with Gasteiger partial charge in [0.25, 0.3) is 11.5 Å². The third-order valence-corrected chi connectivity index (χ3v) is 3.51. The highest BCUT2D eigenvalue weighted by atomic mass is 16.1. The van der Waals surface area contributed by atoms with E-state index in [9.17, 15) is 9.59 Å². The lowest BCUT2D eigenvalue weighted by molar-refractivity contribution is 0.0952. The molecule has 1 amide bonds. The van der Waals surface area contributed by atoms with Crippen molar-refractivity contribution in [1.29, 1.82) is 0 Å². The average molecular weight is 320 g/mol. The van der Waals surface area contributed by atoms with Crippen LogP contribution in [0.25, 0.3) is 11.3 Å². The number of carbonyl (C=O) groups is 1. The maximum Gasteiger partial charge on any atom is 0.253 e. The third kappa shape index (κ3) is 3.73. The smallest absolute Gasteiger partial charge is 0.253 e. The molecule has 0 bridgehead atoms. The molecule has 3 rings (SSSR count). The normalized spacial score (nSPS) is 10.3. The van der Waals surface area contributed by atoms with Crippen LogP contribution in [-0.4, -0.2) is 27.0 Å². The predicted molar refractivity (Wildman–Crippen MR) is 90.5 cm³/mol. The average Bonchev–Trinajstić information content (AvgIpc) is 2.64. The van der Waals surface area contributed by atoms with Gasteiger partial charge in [-0.25, -0.2) is 4.98 Å². The van der Waals surface area contributed by atoms with Gasteiger partial charge in [0.2, 0.25) is 0 Å². The van der Waals surface area contributed by atoms with Crippen LogP contribution in [0, 0.1) is 0 Å². The molecule has 0 spiro atoms. The second-order valence-electron chi connectivity index (χ2n) is 5.17. The quantitative estimate of drug-likeness (QED) is 0.777. The van der Waals surface area contributed by atoms with Crippen LogP contribution in [0.5, 0.6) is 0 Å². The Bertz CT molecular complexity index is 876. The minimum Gasteiger partial charge on any atom is -0.350 e. The molecule has 0 fully saturated rings. The number of carbonyl (C=O) groups excluding carboxylic acids is 1. The van der Waals surface area contributed by atoms with Crippen molar-refractivity contribution < 1.29 is 4.79 Å². The Hall–Kier alpha value is -3.28. The fraction of sp³-hybridized carbons (Fsp3) is 0.111. The van der Waals surface area contributed by atoms with Gasteiger partial charge in [-0.2, -0.15) is 0 Å². The molecule has 1 aromatic carbocycles. The molecule has 2 heterocycles. The van der Waals surface area contributed by atoms with Gasteiger partial charge in [-0.1, -0.05) is 30.3 Å². The molecule has 0 aliphatic rings. The van der Waals surface area contributed by atoms with Gasteiger partial charge in [0.05, 0.1) is 17.6 Å². The summed E-state index contributed by atoms with van der Waals surface area (Å²) in [5.41, 5.74) is 1.87. The second-order valence-corrected chi connectivity index (χ2v) is 5.17. The highest BCUT2D eigenvalue weighted by Gasteiger charge is 2.05. The van der Waals surface area contributed by atoms with E-state index in [-0.39, 0.29) is 11.5 Å². The minimum atomic E-state index is -0.218. The van der Waals surface area contributed by atoms with Crippen LogP contribution in [0.2, 0.25) is 0 Å². The Labute approximate surface area is 138 Å². The molecule has 0 aliphatic carbocycles. The number of aromatic nitrogens is 3. The standard InChI is InChI=1S/C18H16N4O2/c23-17-11-16(14-5-2-1-3-6-14)21-13-22(17)10-9-20-18(24)15-7-4-8-19-12-15/h1-8,11-13H,9-10H2,(H,20,24). The van der Waals surface area contributed by atoms with Crippen LogP contribution in [0.4, 0.5) is 0 Å². The van der Waals surface area contributed by atoms with Crippen molar-refractivity contribution in [1.82, 2.24) is 19.9 Å². The zero-order chi connectivity index (χ0) is 16.8. The fourth-order valence-electron chi connectivity index (χ4n) is 2.25. The molecular formula is C18H16N4O2. The number of hydrogen-bond donors (Lipinski definition) is 1. The van der Waals surface area contributed by atoms with Crippen molar-refractivity contribution in [3.8, 4) is 11.3 Å². The number of nitrogens with one attached hydrogen (secondary N) is 1. The zero-order valence-corrected chi connectivity index (χ0v) is 12.9. The van der Waals surface area contributed by atoms with E-state index in [1.807, 2.05) is 30.3 Å². The van der Waals surface area contributed by atoms with Crippen molar-refractivity contribution in [2.75, 3.05) is 6.54 Å². The number of pyridine rings is 1. The van der Waals surface area contributed by atoms with Gasteiger partial charge < -0.3 is 5.32 Å². The molecule has 2 aromatic heterocycles. The number of nitrogens with zero attached hydrogens (tertiary/aromatic N) is 3. The van der Waals surface area contributed by atoms with Gasteiger partial charge in [0.1, 0.15) is 0 Å². The number of hydrogen-bond acceptors (Lipinski definition) is 4. The van der Waals surface area contributed by atoms with E-state index in [2.05, 4.69) is 15.3 Å². The molecule has 0 saturated heterocycles. The number of benzene rings is 1. The van der Waals surface area contributed by atoms with Gasteiger partial charge >= 0.3 is 0 Å². The summed E-state index contributed by atoms with van der Waals surface area (Å²) in [4.78, 5) is 32.3. The van der Waals surface area contributed by atoms with Crippen molar-refractivity contribution in [3.05, 3.63) is 83.2 Å². The zero-order valence-electron chi connectivity index (χ0n) is 12.9. The molecule has 6 heteroatoms. The molecule has 0 atom stereocenters. The van der Waals surface area contributed by atoms with E-state index in [0.29, 0.717) is 24.3 Å². The SMILES string of the molecule is O=C(NCCn1cnc(-c2ccccc2)cc1=O)c1cccnc1. The summed E-state index contributed by atoms with van der Waals surface area (Å²) in [7, 11) is 0. The van der Waals surface area contributed by atoms with Gasteiger partial charge in [0, 0.05) is 37.1 Å². The molecule has 120 valence electrons. The van der Waals surface area contributed by atoms with Crippen molar-refractivity contribution in [3.63, 3.8) is 0 Å². The summed E-state index contributed by atoms with van der Waals surface area (Å²) in [5, 5.41) is 2.75. The first-order valence-corrected chi connectivity index (χ1v) is 7.54. The molecule has 0 aliphatic heterocycles. The van der Waals surface area contributed by atoms with E-state index in [0.717, 1.165) is 5.56 Å². The topological polar surface area (TPSA) is 76.9 Å². The van der Waals surface area contributed by atoms with E-state index >= 15 is 0 Å². The maximum absolute atomic E-state index is 12.2. The Morgan fingerprint density at radius 3 is 2.67 bits per heavy atom. The van der Waals surface area contributed by atoms with E-state index < -0.39 is 0 Å².